The van der Waals surface area contributed by atoms with Crippen molar-refractivity contribution in [2.75, 3.05) is 13.2 Å². The van der Waals surface area contributed by atoms with Crippen LogP contribution < -0.4 is 0 Å². The maximum Gasteiger partial charge on any atom is 0.228 e. The molecule has 1 saturated carbocycles. The summed E-state index contributed by atoms with van der Waals surface area (Å²) in [6.45, 7) is 6.87. The highest BCUT2D eigenvalue weighted by molar-refractivity contribution is 5.83. The first-order valence-corrected chi connectivity index (χ1v) is 7.01. The predicted molar refractivity (Wildman–Crippen MR) is 69.7 cm³/mol. The van der Waals surface area contributed by atoms with E-state index in [4.69, 9.17) is 5.11 Å². The summed E-state index contributed by atoms with van der Waals surface area (Å²) in [6.07, 6.45) is 6.29. The third-order valence-corrected chi connectivity index (χ3v) is 4.21. The van der Waals surface area contributed by atoms with Gasteiger partial charge in [-0.15, -0.1) is 0 Å². The number of carbonyl (C=O) groups is 1. The fourth-order valence-corrected chi connectivity index (χ4v) is 3.00. The van der Waals surface area contributed by atoms with E-state index in [1.165, 1.54) is 0 Å². The van der Waals surface area contributed by atoms with E-state index < -0.39 is 0 Å². The third-order valence-electron chi connectivity index (χ3n) is 4.21. The fraction of sp³-hybridized carbons (Fsp3) is 0.929. The second kappa shape index (κ2) is 6.39. The molecule has 1 aliphatic rings. The Labute approximate surface area is 105 Å². The number of nitrogens with zero attached hydrogens (tertiary/aromatic N) is 1. The van der Waals surface area contributed by atoms with Crippen LogP contribution in [0, 0.1) is 5.41 Å². The van der Waals surface area contributed by atoms with Crippen LogP contribution in [-0.2, 0) is 4.79 Å². The quantitative estimate of drug-likeness (QED) is 0.776. The molecular weight excluding hydrogens is 214 g/mol. The summed E-state index contributed by atoms with van der Waals surface area (Å²) < 4.78 is 0. The molecule has 1 amide bonds. The summed E-state index contributed by atoms with van der Waals surface area (Å²) in [6, 6.07) is 0.284. The molecule has 1 fully saturated rings. The van der Waals surface area contributed by atoms with Gasteiger partial charge in [0.2, 0.25) is 5.91 Å². The molecule has 0 bridgehead atoms. The Morgan fingerprint density at radius 1 is 1.29 bits per heavy atom. The first-order valence-electron chi connectivity index (χ1n) is 7.01. The van der Waals surface area contributed by atoms with Crippen LogP contribution in [0.5, 0.6) is 0 Å². The Bertz CT molecular complexity index is 243. The maximum absolute atomic E-state index is 12.6. The van der Waals surface area contributed by atoms with E-state index in [1.54, 1.807) is 0 Å². The van der Waals surface area contributed by atoms with Gasteiger partial charge in [-0.05, 0) is 25.7 Å². The van der Waals surface area contributed by atoms with Gasteiger partial charge < -0.3 is 10.0 Å². The Morgan fingerprint density at radius 3 is 2.24 bits per heavy atom. The van der Waals surface area contributed by atoms with Crippen molar-refractivity contribution in [3.8, 4) is 0 Å². The minimum Gasteiger partial charge on any atom is -0.395 e. The van der Waals surface area contributed by atoms with E-state index in [1.807, 2.05) is 4.90 Å². The molecule has 3 nitrogen and oxygen atoms in total. The SMILES string of the molecule is CCC(CC)N(CCO)C(=O)C1(C)CCCC1. The van der Waals surface area contributed by atoms with Gasteiger partial charge in [-0.3, -0.25) is 4.79 Å². The minimum absolute atomic E-state index is 0.0678. The first kappa shape index (κ1) is 14.5. The summed E-state index contributed by atoms with van der Waals surface area (Å²) in [7, 11) is 0. The fourth-order valence-electron chi connectivity index (χ4n) is 3.00. The minimum atomic E-state index is -0.169. The zero-order valence-corrected chi connectivity index (χ0v) is 11.5. The lowest BCUT2D eigenvalue weighted by molar-refractivity contribution is -0.144. The van der Waals surface area contributed by atoms with E-state index in [2.05, 4.69) is 20.8 Å². The highest BCUT2D eigenvalue weighted by atomic mass is 16.3. The van der Waals surface area contributed by atoms with Crippen molar-refractivity contribution < 1.29 is 9.90 Å². The monoisotopic (exact) mass is 241 g/mol. The number of carbonyl (C=O) groups excluding carboxylic acids is 1. The molecule has 3 heteroatoms. The highest BCUT2D eigenvalue weighted by Gasteiger charge is 2.40. The summed E-state index contributed by atoms with van der Waals surface area (Å²) in [5.41, 5.74) is -0.169. The number of hydrogen-bond acceptors (Lipinski definition) is 2. The molecule has 0 unspecified atom stereocenters. The molecule has 0 radical (unpaired) electrons. The number of rotatable bonds is 6. The van der Waals surface area contributed by atoms with Crippen LogP contribution in [0.2, 0.25) is 0 Å². The summed E-state index contributed by atoms with van der Waals surface area (Å²) in [4.78, 5) is 14.6. The van der Waals surface area contributed by atoms with Crippen molar-refractivity contribution in [1.29, 1.82) is 0 Å². The topological polar surface area (TPSA) is 40.5 Å². The number of hydrogen-bond donors (Lipinski definition) is 1. The largest absolute Gasteiger partial charge is 0.395 e. The molecule has 1 N–H and O–H groups in total. The second-order valence-corrected chi connectivity index (χ2v) is 5.46. The lowest BCUT2D eigenvalue weighted by atomic mass is 9.86. The van der Waals surface area contributed by atoms with Crippen LogP contribution in [-0.4, -0.2) is 35.1 Å². The predicted octanol–water partition coefficient (Wildman–Crippen LogP) is 2.58. The van der Waals surface area contributed by atoms with Crippen LogP contribution in [0.4, 0.5) is 0 Å². The second-order valence-electron chi connectivity index (χ2n) is 5.46. The lowest BCUT2D eigenvalue weighted by Gasteiger charge is -2.36. The Morgan fingerprint density at radius 2 is 1.82 bits per heavy atom. The lowest BCUT2D eigenvalue weighted by Crippen LogP contribution is -2.47. The molecule has 1 aliphatic carbocycles. The first-order chi connectivity index (χ1) is 8.09. The van der Waals surface area contributed by atoms with E-state index in [0.717, 1.165) is 38.5 Å². The standard InChI is InChI=1S/C14H27NO2/c1-4-12(5-2)15(10-11-16)13(17)14(3)8-6-7-9-14/h12,16H,4-11H2,1-3H3. The zero-order valence-electron chi connectivity index (χ0n) is 11.5. The molecule has 17 heavy (non-hydrogen) atoms. The van der Waals surface area contributed by atoms with E-state index in [-0.39, 0.29) is 24.0 Å². The van der Waals surface area contributed by atoms with Gasteiger partial charge in [-0.25, -0.2) is 0 Å². The van der Waals surface area contributed by atoms with Gasteiger partial charge in [0, 0.05) is 18.0 Å². The van der Waals surface area contributed by atoms with Crippen molar-refractivity contribution in [1.82, 2.24) is 4.90 Å². The van der Waals surface area contributed by atoms with Crippen LogP contribution in [0.25, 0.3) is 0 Å². The average Bonchev–Trinajstić information content (AvgIpc) is 2.77. The molecule has 0 aromatic heterocycles. The van der Waals surface area contributed by atoms with Crippen molar-refractivity contribution in [2.45, 2.75) is 65.3 Å². The number of aliphatic hydroxyl groups is 1. The van der Waals surface area contributed by atoms with Gasteiger partial charge >= 0.3 is 0 Å². The van der Waals surface area contributed by atoms with E-state index in [0.29, 0.717) is 6.54 Å². The Kier molecular flexibility index (Phi) is 5.44. The summed E-state index contributed by atoms with van der Waals surface area (Å²) in [5.74, 6) is 0.262. The molecule has 0 saturated heterocycles. The van der Waals surface area contributed by atoms with Crippen LogP contribution in [0.1, 0.15) is 59.3 Å². The molecule has 0 spiro atoms. The third kappa shape index (κ3) is 3.21. The van der Waals surface area contributed by atoms with Crippen molar-refractivity contribution in [3.63, 3.8) is 0 Å². The normalized spacial score (nSPS) is 18.6. The molecule has 0 aromatic carbocycles. The smallest absolute Gasteiger partial charge is 0.228 e. The van der Waals surface area contributed by atoms with E-state index >= 15 is 0 Å². The zero-order chi connectivity index (χ0) is 12.9. The number of amides is 1. The van der Waals surface area contributed by atoms with Gasteiger partial charge in [-0.1, -0.05) is 33.6 Å². The highest BCUT2D eigenvalue weighted by Crippen LogP contribution is 2.39. The van der Waals surface area contributed by atoms with Gasteiger partial charge in [0.1, 0.15) is 0 Å². The number of aliphatic hydroxyl groups excluding tert-OH is 1. The molecule has 0 heterocycles. The van der Waals surface area contributed by atoms with Gasteiger partial charge in [0.05, 0.1) is 6.61 Å². The van der Waals surface area contributed by atoms with Crippen LogP contribution in [0.15, 0.2) is 0 Å². The van der Waals surface area contributed by atoms with Crippen molar-refractivity contribution in [3.05, 3.63) is 0 Å². The van der Waals surface area contributed by atoms with Crippen molar-refractivity contribution >= 4 is 5.91 Å². The van der Waals surface area contributed by atoms with Crippen molar-refractivity contribution in [2.24, 2.45) is 5.41 Å². The Balaban J connectivity index is 2.78. The maximum atomic E-state index is 12.6. The molecule has 100 valence electrons. The van der Waals surface area contributed by atoms with Gasteiger partial charge in [0.25, 0.3) is 0 Å². The molecule has 0 aromatic rings. The van der Waals surface area contributed by atoms with Gasteiger partial charge in [0.15, 0.2) is 0 Å². The summed E-state index contributed by atoms with van der Waals surface area (Å²) >= 11 is 0. The van der Waals surface area contributed by atoms with Crippen LogP contribution in [0.3, 0.4) is 0 Å². The Hall–Kier alpha value is -0.570. The van der Waals surface area contributed by atoms with Gasteiger partial charge in [-0.2, -0.15) is 0 Å². The molecule has 0 atom stereocenters. The van der Waals surface area contributed by atoms with Crippen LogP contribution >= 0.6 is 0 Å². The molecule has 1 rings (SSSR count). The molecule has 0 aliphatic heterocycles. The average molecular weight is 241 g/mol. The summed E-state index contributed by atoms with van der Waals surface area (Å²) in [5, 5.41) is 9.16. The molecular formula is C14H27NO2. The van der Waals surface area contributed by atoms with E-state index in [9.17, 15) is 4.79 Å².